The summed E-state index contributed by atoms with van der Waals surface area (Å²) in [4.78, 5) is 15.7. The fourth-order valence-corrected chi connectivity index (χ4v) is 1.83. The largest absolute Gasteiger partial charge is 0.366 e. The van der Waals surface area contributed by atoms with Gasteiger partial charge in [-0.25, -0.2) is 14.2 Å². The molecule has 0 radical (unpaired) electrons. The van der Waals surface area contributed by atoms with Crippen molar-refractivity contribution in [3.05, 3.63) is 54.0 Å². The minimum atomic E-state index is -0.274. The highest BCUT2D eigenvalue weighted by Crippen LogP contribution is 2.12. The van der Waals surface area contributed by atoms with Gasteiger partial charge in [0.25, 0.3) is 0 Å². The maximum Gasteiger partial charge on any atom is 0.319 e. The number of benzene rings is 1. The molecule has 3 N–H and O–H groups in total. The highest BCUT2D eigenvalue weighted by molar-refractivity contribution is 5.89. The second-order valence-corrected chi connectivity index (χ2v) is 5.13. The van der Waals surface area contributed by atoms with Gasteiger partial charge in [-0.05, 0) is 32.0 Å². The van der Waals surface area contributed by atoms with Gasteiger partial charge in [-0.15, -0.1) is 0 Å². The van der Waals surface area contributed by atoms with E-state index < -0.39 is 0 Å². The van der Waals surface area contributed by atoms with Crippen LogP contribution in [0.2, 0.25) is 0 Å². The summed E-state index contributed by atoms with van der Waals surface area (Å²) in [6.45, 7) is 4.11. The van der Waals surface area contributed by atoms with E-state index in [4.69, 9.17) is 0 Å². The smallest absolute Gasteiger partial charge is 0.319 e. The third-order valence-electron chi connectivity index (χ3n) is 2.86. The lowest BCUT2D eigenvalue weighted by Crippen LogP contribution is -2.34. The van der Waals surface area contributed by atoms with Crippen LogP contribution in [0.15, 0.2) is 42.6 Å². The van der Waals surface area contributed by atoms with Crippen LogP contribution in [-0.2, 0) is 6.54 Å². The van der Waals surface area contributed by atoms with Crippen molar-refractivity contribution in [1.82, 2.24) is 10.3 Å². The minimum Gasteiger partial charge on any atom is -0.366 e. The Kier molecular flexibility index (Phi) is 5.30. The normalized spacial score (nSPS) is 10.4. The average molecular weight is 302 g/mol. The monoisotopic (exact) mass is 302 g/mol. The second-order valence-electron chi connectivity index (χ2n) is 5.13. The zero-order chi connectivity index (χ0) is 15.9. The number of urea groups is 1. The summed E-state index contributed by atoms with van der Waals surface area (Å²) in [5.74, 6) is 0.358. The number of halogens is 1. The Morgan fingerprint density at radius 3 is 2.64 bits per heavy atom. The second kappa shape index (κ2) is 7.40. The maximum absolute atomic E-state index is 13.5. The van der Waals surface area contributed by atoms with Crippen molar-refractivity contribution in [3.8, 4) is 0 Å². The summed E-state index contributed by atoms with van der Waals surface area (Å²) < 4.78 is 13.5. The quantitative estimate of drug-likeness (QED) is 0.793. The summed E-state index contributed by atoms with van der Waals surface area (Å²) in [6.07, 6.45) is 1.55. The Labute approximate surface area is 129 Å². The molecule has 0 aliphatic carbocycles. The van der Waals surface area contributed by atoms with E-state index in [9.17, 15) is 9.18 Å². The van der Waals surface area contributed by atoms with Gasteiger partial charge in [0, 0.05) is 18.2 Å². The Morgan fingerprint density at radius 2 is 2.00 bits per heavy atom. The van der Waals surface area contributed by atoms with Crippen LogP contribution in [0.3, 0.4) is 0 Å². The highest BCUT2D eigenvalue weighted by Gasteiger charge is 2.04. The number of carbonyl (C=O) groups excluding carboxylic acids is 1. The van der Waals surface area contributed by atoms with E-state index in [1.165, 1.54) is 6.07 Å². The molecule has 5 nitrogen and oxygen atoms in total. The molecular weight excluding hydrogens is 283 g/mol. The van der Waals surface area contributed by atoms with Gasteiger partial charge in [0.05, 0.1) is 11.9 Å². The number of pyridine rings is 1. The number of rotatable bonds is 5. The van der Waals surface area contributed by atoms with Crippen LogP contribution in [0, 0.1) is 5.82 Å². The Morgan fingerprint density at radius 1 is 1.23 bits per heavy atom. The van der Waals surface area contributed by atoms with Crippen LogP contribution in [0.5, 0.6) is 0 Å². The summed E-state index contributed by atoms with van der Waals surface area (Å²) in [5.41, 5.74) is 1.16. The zero-order valence-electron chi connectivity index (χ0n) is 12.6. The molecule has 1 aromatic carbocycles. The van der Waals surface area contributed by atoms with Gasteiger partial charge in [0.15, 0.2) is 0 Å². The Balaban J connectivity index is 1.89. The van der Waals surface area contributed by atoms with Crippen molar-refractivity contribution in [2.45, 2.75) is 26.4 Å². The molecule has 0 bridgehead atoms. The summed E-state index contributed by atoms with van der Waals surface area (Å²) >= 11 is 0. The molecule has 22 heavy (non-hydrogen) atoms. The van der Waals surface area contributed by atoms with Gasteiger partial charge in [0.1, 0.15) is 11.6 Å². The minimum absolute atomic E-state index is 0.0645. The zero-order valence-corrected chi connectivity index (χ0v) is 12.6. The van der Waals surface area contributed by atoms with Gasteiger partial charge in [-0.3, -0.25) is 0 Å². The SMILES string of the molecule is CC(C)NC(=O)Nc1ccc(NCc2ccccc2F)nc1. The van der Waals surface area contributed by atoms with Crippen LogP contribution >= 0.6 is 0 Å². The number of anilines is 2. The molecule has 1 heterocycles. The number of amides is 2. The topological polar surface area (TPSA) is 66.1 Å². The van der Waals surface area contributed by atoms with Crippen molar-refractivity contribution < 1.29 is 9.18 Å². The third kappa shape index (κ3) is 4.73. The molecule has 0 aliphatic heterocycles. The van der Waals surface area contributed by atoms with Crippen molar-refractivity contribution in [2.75, 3.05) is 10.6 Å². The van der Waals surface area contributed by atoms with Gasteiger partial charge in [0.2, 0.25) is 0 Å². The number of hydrogen-bond acceptors (Lipinski definition) is 3. The van der Waals surface area contributed by atoms with Crippen LogP contribution < -0.4 is 16.0 Å². The Bertz CT molecular complexity index is 628. The van der Waals surface area contributed by atoms with E-state index in [2.05, 4.69) is 20.9 Å². The van der Waals surface area contributed by atoms with Gasteiger partial charge in [-0.1, -0.05) is 18.2 Å². The molecule has 0 saturated carbocycles. The summed E-state index contributed by atoms with van der Waals surface area (Å²) in [7, 11) is 0. The first-order valence-corrected chi connectivity index (χ1v) is 7.05. The van der Waals surface area contributed by atoms with Crippen LogP contribution in [0.4, 0.5) is 20.7 Å². The number of aromatic nitrogens is 1. The van der Waals surface area contributed by atoms with Crippen LogP contribution in [0.1, 0.15) is 19.4 Å². The van der Waals surface area contributed by atoms with E-state index in [1.54, 1.807) is 36.5 Å². The molecule has 0 saturated heterocycles. The third-order valence-corrected chi connectivity index (χ3v) is 2.86. The van der Waals surface area contributed by atoms with Gasteiger partial charge < -0.3 is 16.0 Å². The molecule has 116 valence electrons. The van der Waals surface area contributed by atoms with E-state index in [-0.39, 0.29) is 17.9 Å². The highest BCUT2D eigenvalue weighted by atomic mass is 19.1. The lowest BCUT2D eigenvalue weighted by molar-refractivity contribution is 0.250. The van der Waals surface area contributed by atoms with Crippen LogP contribution in [-0.4, -0.2) is 17.1 Å². The predicted octanol–water partition coefficient (Wildman–Crippen LogP) is 3.36. The Hall–Kier alpha value is -2.63. The average Bonchev–Trinajstić information content (AvgIpc) is 2.47. The summed E-state index contributed by atoms with van der Waals surface area (Å²) in [6, 6.07) is 9.83. The van der Waals surface area contributed by atoms with E-state index in [0.717, 1.165) is 0 Å². The molecule has 2 amide bonds. The molecule has 0 unspecified atom stereocenters. The molecule has 2 rings (SSSR count). The fraction of sp³-hybridized carbons (Fsp3) is 0.250. The standard InChI is InChI=1S/C16H19FN4O/c1-11(2)20-16(22)21-13-7-8-15(19-10-13)18-9-12-5-3-4-6-14(12)17/h3-8,10-11H,9H2,1-2H3,(H,18,19)(H2,20,21,22). The molecule has 0 atom stereocenters. The number of carbonyl (C=O) groups is 1. The number of nitrogens with one attached hydrogen (secondary N) is 3. The first-order valence-electron chi connectivity index (χ1n) is 7.05. The van der Waals surface area contributed by atoms with Crippen molar-refractivity contribution >= 4 is 17.5 Å². The number of nitrogens with zero attached hydrogens (tertiary/aromatic N) is 1. The van der Waals surface area contributed by atoms with Crippen LogP contribution in [0.25, 0.3) is 0 Å². The van der Waals surface area contributed by atoms with Crippen molar-refractivity contribution in [2.24, 2.45) is 0 Å². The molecule has 0 spiro atoms. The molecule has 0 aliphatic rings. The molecule has 6 heteroatoms. The first kappa shape index (κ1) is 15.8. The lowest BCUT2D eigenvalue weighted by atomic mass is 10.2. The van der Waals surface area contributed by atoms with Crippen molar-refractivity contribution in [3.63, 3.8) is 0 Å². The van der Waals surface area contributed by atoms with E-state index in [1.807, 2.05) is 13.8 Å². The molecule has 2 aromatic rings. The van der Waals surface area contributed by atoms with E-state index in [0.29, 0.717) is 23.6 Å². The maximum atomic E-state index is 13.5. The molecule has 1 aromatic heterocycles. The lowest BCUT2D eigenvalue weighted by Gasteiger charge is -2.11. The molecule has 0 fully saturated rings. The van der Waals surface area contributed by atoms with Gasteiger partial charge >= 0.3 is 6.03 Å². The predicted molar refractivity (Wildman–Crippen MR) is 85.3 cm³/mol. The summed E-state index contributed by atoms with van der Waals surface area (Å²) in [5, 5.41) is 8.44. The number of hydrogen-bond donors (Lipinski definition) is 3. The fourth-order valence-electron chi connectivity index (χ4n) is 1.83. The van der Waals surface area contributed by atoms with E-state index >= 15 is 0 Å². The first-order chi connectivity index (χ1) is 10.5. The molecular formula is C16H19FN4O. The van der Waals surface area contributed by atoms with Crippen molar-refractivity contribution in [1.29, 1.82) is 0 Å². The van der Waals surface area contributed by atoms with Gasteiger partial charge in [-0.2, -0.15) is 0 Å².